The van der Waals surface area contributed by atoms with Crippen molar-refractivity contribution < 1.29 is 33.4 Å². The number of anilines is 1. The third-order valence-corrected chi connectivity index (χ3v) is 5.74. The largest absolute Gasteiger partial charge is 0.452 e. The maximum atomic E-state index is 12.6. The Morgan fingerprint density at radius 1 is 0.917 bits per heavy atom. The van der Waals surface area contributed by atoms with Gasteiger partial charge in [0, 0.05) is 44.6 Å². The predicted molar refractivity (Wildman–Crippen MR) is 131 cm³/mol. The zero-order valence-electron chi connectivity index (χ0n) is 20.5. The normalized spacial score (nSPS) is 12.4. The number of esters is 1. The highest BCUT2D eigenvalue weighted by Crippen LogP contribution is 2.24. The summed E-state index contributed by atoms with van der Waals surface area (Å²) in [6, 6.07) is 10.5. The van der Waals surface area contributed by atoms with E-state index in [-0.39, 0.29) is 29.1 Å². The molecule has 3 rings (SSSR count). The number of fused-ring (bicyclic) bond motifs is 1. The minimum Gasteiger partial charge on any atom is -0.452 e. The molecule has 190 valence electrons. The van der Waals surface area contributed by atoms with E-state index in [0.29, 0.717) is 37.4 Å². The second-order valence-electron chi connectivity index (χ2n) is 8.05. The van der Waals surface area contributed by atoms with Crippen LogP contribution >= 0.6 is 0 Å². The number of benzene rings is 2. The van der Waals surface area contributed by atoms with Crippen LogP contribution in [0.5, 0.6) is 0 Å². The van der Waals surface area contributed by atoms with Crippen LogP contribution in [-0.2, 0) is 14.3 Å². The van der Waals surface area contributed by atoms with Crippen LogP contribution in [0.25, 0.3) is 0 Å². The summed E-state index contributed by atoms with van der Waals surface area (Å²) in [5.41, 5.74) is 1.35. The number of hydrogen-bond donors (Lipinski definition) is 1. The lowest BCUT2D eigenvalue weighted by Gasteiger charge is -2.18. The van der Waals surface area contributed by atoms with E-state index in [4.69, 9.17) is 9.47 Å². The molecule has 0 atom stereocenters. The van der Waals surface area contributed by atoms with E-state index in [1.807, 2.05) is 13.8 Å². The van der Waals surface area contributed by atoms with Crippen molar-refractivity contribution in [1.29, 1.82) is 0 Å². The quantitative estimate of drug-likeness (QED) is 0.289. The SMILES string of the molecule is CCN(CC)C(=O)c1ccc(NC(=O)COC(=O)c2ccc3c(c2)C(=O)N(CCCOC)C3=O)cc1. The van der Waals surface area contributed by atoms with Gasteiger partial charge in [0.15, 0.2) is 6.61 Å². The molecule has 2 aromatic carbocycles. The van der Waals surface area contributed by atoms with E-state index in [1.165, 1.54) is 25.3 Å². The van der Waals surface area contributed by atoms with Crippen LogP contribution in [0, 0.1) is 0 Å². The van der Waals surface area contributed by atoms with E-state index in [2.05, 4.69) is 5.32 Å². The summed E-state index contributed by atoms with van der Waals surface area (Å²) in [5.74, 6) is -2.37. The summed E-state index contributed by atoms with van der Waals surface area (Å²) in [7, 11) is 1.53. The number of imide groups is 1. The highest BCUT2D eigenvalue weighted by Gasteiger charge is 2.35. The maximum absolute atomic E-state index is 12.6. The van der Waals surface area contributed by atoms with Crippen LogP contribution in [-0.4, -0.2) is 79.4 Å². The van der Waals surface area contributed by atoms with Gasteiger partial charge in [0.2, 0.25) is 0 Å². The van der Waals surface area contributed by atoms with Crippen LogP contribution in [0.15, 0.2) is 42.5 Å². The number of nitrogens with one attached hydrogen (secondary N) is 1. The van der Waals surface area contributed by atoms with Crippen molar-refractivity contribution in [2.75, 3.05) is 45.3 Å². The Labute approximate surface area is 209 Å². The fourth-order valence-electron chi connectivity index (χ4n) is 3.79. The minimum absolute atomic E-state index is 0.0562. The molecular formula is C26H29N3O7. The van der Waals surface area contributed by atoms with Crippen molar-refractivity contribution in [3.8, 4) is 0 Å². The molecule has 0 radical (unpaired) electrons. The topological polar surface area (TPSA) is 122 Å². The zero-order valence-corrected chi connectivity index (χ0v) is 20.5. The van der Waals surface area contributed by atoms with Crippen LogP contribution in [0.2, 0.25) is 0 Å². The van der Waals surface area contributed by atoms with Crippen molar-refractivity contribution in [3.05, 3.63) is 64.7 Å². The van der Waals surface area contributed by atoms with Gasteiger partial charge in [-0.1, -0.05) is 0 Å². The smallest absolute Gasteiger partial charge is 0.338 e. The molecule has 0 unspecified atom stereocenters. The summed E-state index contributed by atoms with van der Waals surface area (Å²) in [6.45, 7) is 5.07. The Balaban J connectivity index is 1.55. The molecule has 2 aromatic rings. The molecule has 0 bridgehead atoms. The minimum atomic E-state index is -0.800. The molecule has 1 aliphatic heterocycles. The molecule has 0 saturated heterocycles. The van der Waals surface area contributed by atoms with Crippen molar-refractivity contribution >= 4 is 35.3 Å². The fourth-order valence-corrected chi connectivity index (χ4v) is 3.79. The Morgan fingerprint density at radius 3 is 2.19 bits per heavy atom. The number of ether oxygens (including phenoxy) is 2. The molecule has 1 aliphatic rings. The van der Waals surface area contributed by atoms with Gasteiger partial charge in [-0.15, -0.1) is 0 Å². The number of amides is 4. The number of nitrogens with zero attached hydrogens (tertiary/aromatic N) is 2. The predicted octanol–water partition coefficient (Wildman–Crippen LogP) is 2.60. The molecular weight excluding hydrogens is 466 g/mol. The Bertz CT molecular complexity index is 1160. The first kappa shape index (κ1) is 26.6. The first-order chi connectivity index (χ1) is 17.3. The van der Waals surface area contributed by atoms with Gasteiger partial charge in [-0.25, -0.2) is 4.79 Å². The van der Waals surface area contributed by atoms with Crippen LogP contribution in [0.1, 0.15) is 61.7 Å². The molecule has 36 heavy (non-hydrogen) atoms. The Hall–Kier alpha value is -4.05. The van der Waals surface area contributed by atoms with Gasteiger partial charge in [0.05, 0.1) is 16.7 Å². The molecule has 10 heteroatoms. The lowest BCUT2D eigenvalue weighted by molar-refractivity contribution is -0.119. The monoisotopic (exact) mass is 495 g/mol. The molecule has 0 fully saturated rings. The van der Waals surface area contributed by atoms with Crippen LogP contribution < -0.4 is 5.32 Å². The van der Waals surface area contributed by atoms with Crippen molar-refractivity contribution in [3.63, 3.8) is 0 Å². The first-order valence-corrected chi connectivity index (χ1v) is 11.7. The van der Waals surface area contributed by atoms with E-state index < -0.39 is 30.3 Å². The lowest BCUT2D eigenvalue weighted by Crippen LogP contribution is -2.31. The average Bonchev–Trinajstić information content (AvgIpc) is 3.12. The van der Waals surface area contributed by atoms with Crippen LogP contribution in [0.4, 0.5) is 5.69 Å². The molecule has 10 nitrogen and oxygen atoms in total. The van der Waals surface area contributed by atoms with Gasteiger partial charge >= 0.3 is 5.97 Å². The van der Waals surface area contributed by atoms with E-state index >= 15 is 0 Å². The third kappa shape index (κ3) is 5.95. The zero-order chi connectivity index (χ0) is 26.2. The Morgan fingerprint density at radius 2 is 1.56 bits per heavy atom. The maximum Gasteiger partial charge on any atom is 0.338 e. The highest BCUT2D eigenvalue weighted by molar-refractivity contribution is 6.22. The van der Waals surface area contributed by atoms with E-state index in [9.17, 15) is 24.0 Å². The number of rotatable bonds is 11. The highest BCUT2D eigenvalue weighted by atomic mass is 16.5. The van der Waals surface area contributed by atoms with Crippen molar-refractivity contribution in [1.82, 2.24) is 9.80 Å². The summed E-state index contributed by atoms with van der Waals surface area (Å²) in [5, 5.41) is 2.60. The molecule has 0 saturated carbocycles. The Kier molecular flexibility index (Phi) is 8.91. The third-order valence-electron chi connectivity index (χ3n) is 5.74. The molecule has 4 amide bonds. The fraction of sp³-hybridized carbons (Fsp3) is 0.346. The van der Waals surface area contributed by atoms with Crippen molar-refractivity contribution in [2.24, 2.45) is 0 Å². The second-order valence-corrected chi connectivity index (χ2v) is 8.05. The average molecular weight is 496 g/mol. The number of hydrogen-bond acceptors (Lipinski definition) is 7. The molecule has 0 aromatic heterocycles. The number of carbonyl (C=O) groups is 5. The number of carbonyl (C=O) groups excluding carboxylic acids is 5. The second kappa shape index (κ2) is 12.1. The molecule has 1 N–H and O–H groups in total. The molecule has 0 aliphatic carbocycles. The van der Waals surface area contributed by atoms with E-state index in [0.717, 1.165) is 4.90 Å². The summed E-state index contributed by atoms with van der Waals surface area (Å²) >= 11 is 0. The van der Waals surface area contributed by atoms with Gasteiger partial charge in [0.1, 0.15) is 0 Å². The standard InChI is InChI=1S/C26H29N3O7/c1-4-28(5-2)23(31)17-7-10-19(11-8-17)27-22(30)16-36-26(34)18-9-12-20-21(15-18)25(33)29(24(20)32)13-6-14-35-3/h7-12,15H,4-6,13-14,16H2,1-3H3,(H,27,30). The summed E-state index contributed by atoms with van der Waals surface area (Å²) in [4.78, 5) is 64.9. The molecule has 0 spiro atoms. The number of methoxy groups -OCH3 is 1. The van der Waals surface area contributed by atoms with Gasteiger partial charge in [-0.05, 0) is 62.7 Å². The van der Waals surface area contributed by atoms with Gasteiger partial charge in [-0.2, -0.15) is 0 Å². The van der Waals surface area contributed by atoms with Crippen molar-refractivity contribution in [2.45, 2.75) is 20.3 Å². The first-order valence-electron chi connectivity index (χ1n) is 11.7. The van der Waals surface area contributed by atoms with Crippen LogP contribution in [0.3, 0.4) is 0 Å². The lowest BCUT2D eigenvalue weighted by atomic mass is 10.1. The van der Waals surface area contributed by atoms with Gasteiger partial charge in [0.25, 0.3) is 23.6 Å². The van der Waals surface area contributed by atoms with E-state index in [1.54, 1.807) is 29.2 Å². The van der Waals surface area contributed by atoms with Gasteiger partial charge < -0.3 is 19.7 Å². The summed E-state index contributed by atoms with van der Waals surface area (Å²) in [6.07, 6.45) is 0.501. The molecule has 1 heterocycles. The van der Waals surface area contributed by atoms with Gasteiger partial charge in [-0.3, -0.25) is 24.1 Å². The summed E-state index contributed by atoms with van der Waals surface area (Å²) < 4.78 is 10.0.